The Kier molecular flexibility index (Phi) is 10.0. The molecule has 1 aromatic rings. The summed E-state index contributed by atoms with van der Waals surface area (Å²) < 4.78 is 1.12. The lowest BCUT2D eigenvalue weighted by Gasteiger charge is -2.09. The van der Waals surface area contributed by atoms with Crippen molar-refractivity contribution in [2.75, 3.05) is 0 Å². The maximum atomic E-state index is 11.9. The molecule has 146 valence electrons. The topological polar surface area (TPSA) is 117 Å². The van der Waals surface area contributed by atoms with Crippen molar-refractivity contribution in [2.24, 2.45) is 5.10 Å². The first-order chi connectivity index (χ1) is 12.5. The van der Waals surface area contributed by atoms with Gasteiger partial charge >= 0.3 is 5.69 Å². The SMILES string of the molecule is CCCCCCC(=O)NN=Cc1c(O)n(CCCCCC)c(=O)[nH]c1=O. The van der Waals surface area contributed by atoms with Crippen molar-refractivity contribution in [3.63, 3.8) is 0 Å². The van der Waals surface area contributed by atoms with Crippen molar-refractivity contribution in [3.05, 3.63) is 26.4 Å². The van der Waals surface area contributed by atoms with E-state index in [1.807, 2.05) is 0 Å². The second-order valence-electron chi connectivity index (χ2n) is 6.31. The Morgan fingerprint density at radius 1 is 1.12 bits per heavy atom. The zero-order chi connectivity index (χ0) is 19.4. The summed E-state index contributed by atoms with van der Waals surface area (Å²) >= 11 is 0. The minimum absolute atomic E-state index is 0.147. The fourth-order valence-corrected chi connectivity index (χ4v) is 2.53. The fraction of sp³-hybridized carbons (Fsp3) is 0.667. The number of carbonyl (C=O) groups is 1. The van der Waals surface area contributed by atoms with Crippen LogP contribution in [0, 0.1) is 0 Å². The summed E-state index contributed by atoms with van der Waals surface area (Å²) in [6.45, 7) is 4.49. The van der Waals surface area contributed by atoms with Crippen LogP contribution in [0.3, 0.4) is 0 Å². The van der Waals surface area contributed by atoms with Gasteiger partial charge in [0, 0.05) is 13.0 Å². The van der Waals surface area contributed by atoms with Crippen molar-refractivity contribution in [1.82, 2.24) is 15.0 Å². The van der Waals surface area contributed by atoms with E-state index in [9.17, 15) is 19.5 Å². The number of aromatic hydroxyl groups is 1. The zero-order valence-electron chi connectivity index (χ0n) is 15.7. The molecule has 0 aromatic carbocycles. The van der Waals surface area contributed by atoms with Crippen LogP contribution < -0.4 is 16.7 Å². The summed E-state index contributed by atoms with van der Waals surface area (Å²) in [7, 11) is 0. The molecule has 0 radical (unpaired) electrons. The molecule has 8 heteroatoms. The van der Waals surface area contributed by atoms with Crippen molar-refractivity contribution in [1.29, 1.82) is 0 Å². The molecule has 0 saturated carbocycles. The number of aromatic nitrogens is 2. The minimum Gasteiger partial charge on any atom is -0.494 e. The third-order valence-corrected chi connectivity index (χ3v) is 4.08. The largest absolute Gasteiger partial charge is 0.494 e. The van der Waals surface area contributed by atoms with Gasteiger partial charge in [-0.1, -0.05) is 52.4 Å². The highest BCUT2D eigenvalue weighted by Gasteiger charge is 2.12. The molecule has 1 aromatic heterocycles. The third kappa shape index (κ3) is 7.25. The molecule has 0 aliphatic heterocycles. The number of unbranched alkanes of at least 4 members (excludes halogenated alkanes) is 6. The number of hydrazone groups is 1. The summed E-state index contributed by atoms with van der Waals surface area (Å²) in [4.78, 5) is 37.6. The van der Waals surface area contributed by atoms with Crippen LogP contribution in [0.25, 0.3) is 0 Å². The normalized spacial score (nSPS) is 11.2. The van der Waals surface area contributed by atoms with E-state index in [-0.39, 0.29) is 11.5 Å². The summed E-state index contributed by atoms with van der Waals surface area (Å²) in [5.74, 6) is -0.683. The summed E-state index contributed by atoms with van der Waals surface area (Å²) in [5.41, 5.74) is 0.799. The predicted molar refractivity (Wildman–Crippen MR) is 102 cm³/mol. The first kappa shape index (κ1) is 21.7. The molecule has 1 amide bonds. The second kappa shape index (κ2) is 12.1. The van der Waals surface area contributed by atoms with E-state index in [0.717, 1.165) is 62.1 Å². The molecule has 0 fully saturated rings. The van der Waals surface area contributed by atoms with E-state index in [4.69, 9.17) is 0 Å². The predicted octanol–water partition coefficient (Wildman–Crippen LogP) is 2.24. The third-order valence-electron chi connectivity index (χ3n) is 4.08. The highest BCUT2D eigenvalue weighted by atomic mass is 16.3. The van der Waals surface area contributed by atoms with Crippen molar-refractivity contribution >= 4 is 12.1 Å². The number of nitrogens with one attached hydrogen (secondary N) is 2. The van der Waals surface area contributed by atoms with Crippen LogP contribution >= 0.6 is 0 Å². The number of nitrogens with zero attached hydrogens (tertiary/aromatic N) is 2. The molecule has 0 unspecified atom stereocenters. The van der Waals surface area contributed by atoms with Crippen molar-refractivity contribution in [3.8, 4) is 5.88 Å². The number of H-pyrrole nitrogens is 1. The summed E-state index contributed by atoms with van der Waals surface area (Å²) in [6, 6.07) is 0. The van der Waals surface area contributed by atoms with Crippen LogP contribution in [-0.2, 0) is 11.3 Å². The standard InChI is InChI=1S/C18H30N4O4/c1-3-5-7-9-11-15(23)21-19-13-14-16(24)20-18(26)22(17(14)25)12-10-8-6-4-2/h13,25H,3-12H2,1-2H3,(H,21,23)(H,20,24,26). The number of hydrogen-bond donors (Lipinski definition) is 3. The van der Waals surface area contributed by atoms with E-state index in [2.05, 4.69) is 29.4 Å². The fourth-order valence-electron chi connectivity index (χ4n) is 2.53. The molecule has 0 aliphatic rings. The van der Waals surface area contributed by atoms with Crippen molar-refractivity contribution < 1.29 is 9.90 Å². The average molecular weight is 366 g/mol. The van der Waals surface area contributed by atoms with E-state index >= 15 is 0 Å². The van der Waals surface area contributed by atoms with Gasteiger partial charge in [-0.3, -0.25) is 19.1 Å². The van der Waals surface area contributed by atoms with Gasteiger partial charge in [-0.15, -0.1) is 0 Å². The van der Waals surface area contributed by atoms with E-state index < -0.39 is 17.1 Å². The van der Waals surface area contributed by atoms with Crippen LogP contribution in [-0.4, -0.2) is 26.8 Å². The lowest BCUT2D eigenvalue weighted by Crippen LogP contribution is -2.32. The Bertz CT molecular complexity index is 706. The molecule has 3 N–H and O–H groups in total. The van der Waals surface area contributed by atoms with Gasteiger partial charge in [-0.25, -0.2) is 10.2 Å². The van der Waals surface area contributed by atoms with Crippen LogP contribution in [0.5, 0.6) is 5.88 Å². The van der Waals surface area contributed by atoms with Gasteiger partial charge in [-0.2, -0.15) is 5.10 Å². The molecule has 8 nitrogen and oxygen atoms in total. The average Bonchev–Trinajstić information content (AvgIpc) is 2.60. The van der Waals surface area contributed by atoms with Gasteiger partial charge in [0.15, 0.2) is 0 Å². The van der Waals surface area contributed by atoms with E-state index in [1.165, 1.54) is 0 Å². The zero-order valence-corrected chi connectivity index (χ0v) is 15.7. The van der Waals surface area contributed by atoms with Gasteiger partial charge in [0.1, 0.15) is 5.56 Å². The van der Waals surface area contributed by atoms with Crippen LogP contribution in [0.4, 0.5) is 0 Å². The van der Waals surface area contributed by atoms with Crippen LogP contribution in [0.15, 0.2) is 14.7 Å². The van der Waals surface area contributed by atoms with Crippen LogP contribution in [0.2, 0.25) is 0 Å². The van der Waals surface area contributed by atoms with Gasteiger partial charge in [-0.05, 0) is 12.8 Å². The smallest absolute Gasteiger partial charge is 0.331 e. The van der Waals surface area contributed by atoms with E-state index in [0.29, 0.717) is 13.0 Å². The van der Waals surface area contributed by atoms with Crippen molar-refractivity contribution in [2.45, 2.75) is 78.2 Å². The molecule has 0 atom stereocenters. The number of aromatic amines is 1. The number of amides is 1. The lowest BCUT2D eigenvalue weighted by atomic mass is 10.1. The quantitative estimate of drug-likeness (QED) is 0.299. The Morgan fingerprint density at radius 3 is 2.42 bits per heavy atom. The van der Waals surface area contributed by atoms with Gasteiger partial charge in [0.2, 0.25) is 11.8 Å². The Labute approximate surface area is 153 Å². The maximum absolute atomic E-state index is 11.9. The highest BCUT2D eigenvalue weighted by Crippen LogP contribution is 2.10. The van der Waals surface area contributed by atoms with Gasteiger partial charge in [0.25, 0.3) is 5.56 Å². The number of rotatable bonds is 12. The summed E-state index contributed by atoms with van der Waals surface area (Å²) in [5, 5.41) is 13.9. The first-order valence-electron chi connectivity index (χ1n) is 9.39. The molecule has 1 heterocycles. The Morgan fingerprint density at radius 2 is 1.77 bits per heavy atom. The lowest BCUT2D eigenvalue weighted by molar-refractivity contribution is -0.121. The van der Waals surface area contributed by atoms with E-state index in [1.54, 1.807) is 0 Å². The Balaban J connectivity index is 2.72. The Hall–Kier alpha value is -2.38. The molecular formula is C18H30N4O4. The summed E-state index contributed by atoms with van der Waals surface area (Å²) in [6.07, 6.45) is 9.12. The molecule has 0 spiro atoms. The minimum atomic E-state index is -0.738. The monoisotopic (exact) mass is 366 g/mol. The van der Waals surface area contributed by atoms with Gasteiger partial charge in [0.05, 0.1) is 6.21 Å². The molecule has 0 aliphatic carbocycles. The maximum Gasteiger partial charge on any atom is 0.331 e. The first-order valence-corrected chi connectivity index (χ1v) is 9.39. The number of carbonyl (C=O) groups excluding carboxylic acids is 1. The van der Waals surface area contributed by atoms with Crippen LogP contribution in [0.1, 0.15) is 77.2 Å². The van der Waals surface area contributed by atoms with Gasteiger partial charge < -0.3 is 5.11 Å². The molecule has 26 heavy (non-hydrogen) atoms. The number of hydrogen-bond acceptors (Lipinski definition) is 5. The molecule has 1 rings (SSSR count). The second-order valence-corrected chi connectivity index (χ2v) is 6.31. The molecule has 0 saturated heterocycles. The highest BCUT2D eigenvalue weighted by molar-refractivity contribution is 5.83. The molecular weight excluding hydrogens is 336 g/mol. The molecule has 0 bridgehead atoms.